The molecule has 1 N–H and O–H groups in total. The Morgan fingerprint density at radius 3 is 3.00 bits per heavy atom. The Balaban J connectivity index is 1.74. The van der Waals surface area contributed by atoms with Crippen LogP contribution in [0.25, 0.3) is 0 Å². The van der Waals surface area contributed by atoms with Gasteiger partial charge in [0.2, 0.25) is 5.91 Å². The topological polar surface area (TPSA) is 64.7 Å². The number of aromatic nitrogens is 4. The molecule has 0 unspecified atom stereocenters. The van der Waals surface area contributed by atoms with Crippen molar-refractivity contribution in [3.63, 3.8) is 0 Å². The van der Waals surface area contributed by atoms with E-state index < -0.39 is 0 Å². The van der Waals surface area contributed by atoms with Crippen LogP contribution in [0.2, 0.25) is 0 Å². The molecule has 0 saturated heterocycles. The predicted molar refractivity (Wildman–Crippen MR) is 75.5 cm³/mol. The number of imidazole rings is 1. The maximum atomic E-state index is 12.3. The second-order valence-corrected chi connectivity index (χ2v) is 5.33. The van der Waals surface area contributed by atoms with Gasteiger partial charge in [0, 0.05) is 19.2 Å². The number of amides is 1. The molecule has 1 aliphatic rings. The highest BCUT2D eigenvalue weighted by Gasteiger charge is 2.20. The third-order valence-electron chi connectivity index (χ3n) is 3.73. The summed E-state index contributed by atoms with van der Waals surface area (Å²) in [5, 5.41) is 7.15. The van der Waals surface area contributed by atoms with E-state index in [-0.39, 0.29) is 11.9 Å². The van der Waals surface area contributed by atoms with Crippen molar-refractivity contribution in [3.8, 4) is 0 Å². The van der Waals surface area contributed by atoms with Crippen LogP contribution in [-0.4, -0.2) is 25.2 Å². The van der Waals surface area contributed by atoms with Crippen LogP contribution in [0.5, 0.6) is 0 Å². The number of nitrogens with zero attached hydrogens (tertiary/aromatic N) is 4. The van der Waals surface area contributed by atoms with E-state index in [9.17, 15) is 4.79 Å². The van der Waals surface area contributed by atoms with Gasteiger partial charge in [-0.15, -0.1) is 0 Å². The maximum absolute atomic E-state index is 12.3. The first kappa shape index (κ1) is 12.9. The maximum Gasteiger partial charge on any atom is 0.250 e. The van der Waals surface area contributed by atoms with Crippen LogP contribution in [0.1, 0.15) is 37.2 Å². The lowest BCUT2D eigenvalue weighted by atomic mass is 10.2. The Hall–Kier alpha value is -2.11. The first-order valence-electron chi connectivity index (χ1n) is 7.01. The highest BCUT2D eigenvalue weighted by Crippen LogP contribution is 2.20. The zero-order valence-electron chi connectivity index (χ0n) is 11.8. The fourth-order valence-electron chi connectivity index (χ4n) is 2.51. The highest BCUT2D eigenvalue weighted by atomic mass is 16.2. The Kier molecular flexibility index (Phi) is 3.30. The minimum absolute atomic E-state index is 0.0682. The molecule has 0 radical (unpaired) electrons. The molecule has 0 saturated carbocycles. The third-order valence-corrected chi connectivity index (χ3v) is 3.73. The molecule has 0 fully saturated rings. The quantitative estimate of drug-likeness (QED) is 0.929. The molecule has 3 rings (SSSR count). The number of hydrogen-bond donors (Lipinski definition) is 1. The van der Waals surface area contributed by atoms with Crippen LogP contribution in [0.4, 0.5) is 5.82 Å². The van der Waals surface area contributed by atoms with Crippen molar-refractivity contribution < 1.29 is 4.79 Å². The summed E-state index contributed by atoms with van der Waals surface area (Å²) < 4.78 is 3.78. The summed E-state index contributed by atoms with van der Waals surface area (Å²) in [4.78, 5) is 16.7. The zero-order chi connectivity index (χ0) is 14.1. The van der Waals surface area contributed by atoms with Gasteiger partial charge < -0.3 is 9.88 Å². The summed E-state index contributed by atoms with van der Waals surface area (Å²) in [6.07, 6.45) is 8.68. The van der Waals surface area contributed by atoms with Gasteiger partial charge in [0.15, 0.2) is 0 Å². The van der Waals surface area contributed by atoms with Crippen LogP contribution < -0.4 is 5.32 Å². The average Bonchev–Trinajstić information content (AvgIpc) is 3.05. The van der Waals surface area contributed by atoms with Gasteiger partial charge in [0.05, 0.1) is 12.4 Å². The second kappa shape index (κ2) is 5.11. The summed E-state index contributed by atoms with van der Waals surface area (Å²) in [6.45, 7) is 4.73. The minimum Gasteiger partial charge on any atom is -0.315 e. The molecule has 0 bridgehead atoms. The molecule has 1 aliphatic heterocycles. The monoisotopic (exact) mass is 273 g/mol. The first-order valence-corrected chi connectivity index (χ1v) is 7.01. The van der Waals surface area contributed by atoms with E-state index in [2.05, 4.69) is 20.0 Å². The summed E-state index contributed by atoms with van der Waals surface area (Å²) in [5.74, 6) is 1.79. The van der Waals surface area contributed by atoms with E-state index in [1.807, 2.05) is 20.0 Å². The van der Waals surface area contributed by atoms with Crippen molar-refractivity contribution in [2.45, 2.75) is 45.7 Å². The minimum atomic E-state index is -0.335. The van der Waals surface area contributed by atoms with Gasteiger partial charge in [0.25, 0.3) is 0 Å². The number of carbonyl (C=O) groups excluding carboxylic acids is 1. The predicted octanol–water partition coefficient (Wildman–Crippen LogP) is 1.92. The van der Waals surface area contributed by atoms with E-state index in [4.69, 9.17) is 0 Å². The summed E-state index contributed by atoms with van der Waals surface area (Å²) >= 11 is 0. The van der Waals surface area contributed by atoms with Crippen molar-refractivity contribution in [1.29, 1.82) is 0 Å². The first-order chi connectivity index (χ1) is 9.65. The van der Waals surface area contributed by atoms with Crippen molar-refractivity contribution in [2.24, 2.45) is 0 Å². The van der Waals surface area contributed by atoms with Crippen LogP contribution in [-0.2, 0) is 17.8 Å². The molecule has 2 aromatic heterocycles. The Labute approximate surface area is 117 Å². The smallest absolute Gasteiger partial charge is 0.250 e. The number of hydrogen-bond acceptors (Lipinski definition) is 3. The number of aryl methyl sites for hydroxylation is 2. The fourth-order valence-corrected chi connectivity index (χ4v) is 2.51. The van der Waals surface area contributed by atoms with E-state index in [1.54, 1.807) is 17.1 Å². The lowest BCUT2D eigenvalue weighted by Gasteiger charge is -2.18. The van der Waals surface area contributed by atoms with E-state index in [0.29, 0.717) is 0 Å². The standard InChI is InChI=1S/C14H19N5O/c1-10-7-16-19(9-10)11(2)14(20)17-13-8-15-12-5-3-4-6-18(12)13/h7-9,11H,3-6H2,1-2H3,(H,17,20)/t11-/m0/s1. The van der Waals surface area contributed by atoms with Crippen molar-refractivity contribution in [3.05, 3.63) is 30.0 Å². The average molecular weight is 273 g/mol. The van der Waals surface area contributed by atoms with Gasteiger partial charge in [-0.25, -0.2) is 4.98 Å². The molecule has 0 aliphatic carbocycles. The number of rotatable bonds is 3. The lowest BCUT2D eigenvalue weighted by molar-refractivity contribution is -0.119. The van der Waals surface area contributed by atoms with Gasteiger partial charge in [-0.3, -0.25) is 9.48 Å². The van der Waals surface area contributed by atoms with Gasteiger partial charge in [-0.05, 0) is 32.3 Å². The van der Waals surface area contributed by atoms with Crippen LogP contribution in [0.3, 0.4) is 0 Å². The number of carbonyl (C=O) groups is 1. The van der Waals surface area contributed by atoms with Gasteiger partial charge in [-0.2, -0.15) is 5.10 Å². The largest absolute Gasteiger partial charge is 0.315 e. The van der Waals surface area contributed by atoms with Crippen molar-refractivity contribution >= 4 is 11.7 Å². The van der Waals surface area contributed by atoms with Crippen LogP contribution in [0, 0.1) is 6.92 Å². The lowest BCUT2D eigenvalue weighted by Crippen LogP contribution is -2.26. The third kappa shape index (κ3) is 2.33. The molecule has 1 amide bonds. The van der Waals surface area contributed by atoms with Gasteiger partial charge in [0.1, 0.15) is 17.7 Å². The molecule has 20 heavy (non-hydrogen) atoms. The highest BCUT2D eigenvalue weighted by molar-refractivity contribution is 5.92. The number of nitrogens with one attached hydrogen (secondary N) is 1. The summed E-state index contributed by atoms with van der Waals surface area (Å²) in [6, 6.07) is -0.335. The molecule has 2 aromatic rings. The fraction of sp³-hybridized carbons (Fsp3) is 0.500. The summed E-state index contributed by atoms with van der Waals surface area (Å²) in [7, 11) is 0. The van der Waals surface area contributed by atoms with Crippen LogP contribution in [0.15, 0.2) is 18.6 Å². The Bertz CT molecular complexity index is 627. The van der Waals surface area contributed by atoms with E-state index in [1.165, 1.54) is 6.42 Å². The molecule has 106 valence electrons. The molecule has 6 nitrogen and oxygen atoms in total. The molecular weight excluding hydrogens is 254 g/mol. The number of fused-ring (bicyclic) bond motifs is 1. The second-order valence-electron chi connectivity index (χ2n) is 5.33. The molecule has 0 aromatic carbocycles. The van der Waals surface area contributed by atoms with Crippen LogP contribution >= 0.6 is 0 Å². The molecular formula is C14H19N5O. The molecule has 6 heteroatoms. The number of anilines is 1. The molecule has 3 heterocycles. The van der Waals surface area contributed by atoms with Crippen molar-refractivity contribution in [1.82, 2.24) is 19.3 Å². The summed E-state index contributed by atoms with van der Waals surface area (Å²) in [5.41, 5.74) is 1.05. The van der Waals surface area contributed by atoms with Gasteiger partial charge in [-0.1, -0.05) is 0 Å². The molecule has 0 spiro atoms. The normalized spacial score (nSPS) is 15.7. The van der Waals surface area contributed by atoms with Gasteiger partial charge >= 0.3 is 0 Å². The Morgan fingerprint density at radius 2 is 2.25 bits per heavy atom. The zero-order valence-corrected chi connectivity index (χ0v) is 11.8. The molecule has 1 atom stereocenters. The SMILES string of the molecule is Cc1cnn([C@@H](C)C(=O)Nc2cnc3n2CCCC3)c1. The Morgan fingerprint density at radius 1 is 1.40 bits per heavy atom. The van der Waals surface area contributed by atoms with E-state index in [0.717, 1.165) is 36.6 Å². The van der Waals surface area contributed by atoms with E-state index >= 15 is 0 Å². The van der Waals surface area contributed by atoms with Crippen molar-refractivity contribution in [2.75, 3.05) is 5.32 Å².